The van der Waals surface area contributed by atoms with Crippen molar-refractivity contribution in [3.05, 3.63) is 23.9 Å². The number of nitrogens with zero attached hydrogens (tertiary/aromatic N) is 2. The predicted molar refractivity (Wildman–Crippen MR) is 81.4 cm³/mol. The van der Waals surface area contributed by atoms with Gasteiger partial charge in [0.05, 0.1) is 7.11 Å². The predicted octanol–water partition coefficient (Wildman–Crippen LogP) is 1.61. The molecule has 0 aliphatic carbocycles. The summed E-state index contributed by atoms with van der Waals surface area (Å²) in [5, 5.41) is 2.77. The minimum absolute atomic E-state index is 0.318. The largest absolute Gasteiger partial charge is 0.467 e. The van der Waals surface area contributed by atoms with Gasteiger partial charge in [-0.05, 0) is 25.5 Å². The normalized spacial score (nSPS) is 13.2. The number of nitrogens with one attached hydrogen (secondary N) is 1. The van der Waals surface area contributed by atoms with Crippen molar-refractivity contribution < 1.29 is 14.3 Å². The standard InChI is InChI=1S/C15H23N3O3/c1-6-8-15(2,14(20)21-5)17-13(19)11-7-9-16-12(10-11)18(3)4/h7,9-10H,6,8H2,1-5H3,(H,17,19). The third kappa shape index (κ3) is 4.18. The van der Waals surface area contributed by atoms with Crippen LogP contribution >= 0.6 is 0 Å². The lowest BCUT2D eigenvalue weighted by molar-refractivity contribution is -0.147. The summed E-state index contributed by atoms with van der Waals surface area (Å²) in [5.74, 6) is -0.0839. The number of esters is 1. The average Bonchev–Trinajstić information content (AvgIpc) is 2.46. The van der Waals surface area contributed by atoms with Crippen LogP contribution in [-0.2, 0) is 9.53 Å². The highest BCUT2D eigenvalue weighted by Gasteiger charge is 2.35. The monoisotopic (exact) mass is 293 g/mol. The number of pyridine rings is 1. The molecule has 0 fully saturated rings. The van der Waals surface area contributed by atoms with Crippen LogP contribution in [0.4, 0.5) is 5.82 Å². The Morgan fingerprint density at radius 2 is 2.10 bits per heavy atom. The number of ether oxygens (including phenoxy) is 1. The van der Waals surface area contributed by atoms with Gasteiger partial charge in [-0.2, -0.15) is 0 Å². The second-order valence-corrected chi connectivity index (χ2v) is 5.32. The smallest absolute Gasteiger partial charge is 0.331 e. The summed E-state index contributed by atoms with van der Waals surface area (Å²) in [6.07, 6.45) is 2.84. The van der Waals surface area contributed by atoms with Crippen molar-refractivity contribution in [2.75, 3.05) is 26.1 Å². The van der Waals surface area contributed by atoms with E-state index in [0.29, 0.717) is 17.8 Å². The number of carbonyl (C=O) groups is 2. The number of hydrogen-bond donors (Lipinski definition) is 1. The van der Waals surface area contributed by atoms with E-state index in [1.54, 1.807) is 25.3 Å². The Hall–Kier alpha value is -2.11. The van der Waals surface area contributed by atoms with Crippen molar-refractivity contribution in [2.24, 2.45) is 0 Å². The number of rotatable bonds is 6. The van der Waals surface area contributed by atoms with Crippen molar-refractivity contribution in [3.8, 4) is 0 Å². The molecule has 1 N–H and O–H groups in total. The van der Waals surface area contributed by atoms with E-state index in [2.05, 4.69) is 10.3 Å². The van der Waals surface area contributed by atoms with E-state index in [9.17, 15) is 9.59 Å². The molecule has 0 bridgehead atoms. The molecule has 1 aromatic rings. The lowest BCUT2D eigenvalue weighted by atomic mass is 9.95. The van der Waals surface area contributed by atoms with Gasteiger partial charge in [-0.1, -0.05) is 13.3 Å². The second kappa shape index (κ2) is 7.06. The van der Waals surface area contributed by atoms with Crippen molar-refractivity contribution in [1.82, 2.24) is 10.3 Å². The van der Waals surface area contributed by atoms with Gasteiger partial charge in [-0.15, -0.1) is 0 Å². The average molecular weight is 293 g/mol. The molecule has 1 amide bonds. The minimum atomic E-state index is -1.03. The highest BCUT2D eigenvalue weighted by atomic mass is 16.5. The van der Waals surface area contributed by atoms with Crippen molar-refractivity contribution in [3.63, 3.8) is 0 Å². The van der Waals surface area contributed by atoms with Crippen LogP contribution in [0.15, 0.2) is 18.3 Å². The van der Waals surface area contributed by atoms with Crippen LogP contribution in [0.5, 0.6) is 0 Å². The Kier molecular flexibility index (Phi) is 5.69. The Morgan fingerprint density at radius 1 is 1.43 bits per heavy atom. The van der Waals surface area contributed by atoms with Crippen LogP contribution in [0, 0.1) is 0 Å². The molecule has 0 saturated heterocycles. The maximum atomic E-state index is 12.4. The summed E-state index contributed by atoms with van der Waals surface area (Å²) in [6, 6.07) is 3.30. The SMILES string of the molecule is CCCC(C)(NC(=O)c1ccnc(N(C)C)c1)C(=O)OC. The minimum Gasteiger partial charge on any atom is -0.467 e. The zero-order chi connectivity index (χ0) is 16.0. The molecule has 6 heteroatoms. The van der Waals surface area contributed by atoms with E-state index in [1.807, 2.05) is 25.9 Å². The summed E-state index contributed by atoms with van der Waals surface area (Å²) in [6.45, 7) is 3.62. The van der Waals surface area contributed by atoms with Gasteiger partial charge < -0.3 is 15.0 Å². The molecule has 0 radical (unpaired) electrons. The summed E-state index contributed by atoms with van der Waals surface area (Å²) < 4.78 is 4.79. The fraction of sp³-hybridized carbons (Fsp3) is 0.533. The van der Waals surface area contributed by atoms with Crippen LogP contribution < -0.4 is 10.2 Å². The number of methoxy groups -OCH3 is 1. The number of carbonyl (C=O) groups excluding carboxylic acids is 2. The molecule has 116 valence electrons. The molecule has 0 aliphatic heterocycles. The van der Waals surface area contributed by atoms with Gasteiger partial charge in [0.25, 0.3) is 5.91 Å². The van der Waals surface area contributed by atoms with Gasteiger partial charge >= 0.3 is 5.97 Å². The topological polar surface area (TPSA) is 71.5 Å². The number of hydrogen-bond acceptors (Lipinski definition) is 5. The summed E-state index contributed by atoms with van der Waals surface area (Å²) in [4.78, 5) is 30.2. The van der Waals surface area contributed by atoms with E-state index in [-0.39, 0.29) is 5.91 Å². The Bertz CT molecular complexity index is 517. The van der Waals surface area contributed by atoms with Crippen LogP contribution in [0.2, 0.25) is 0 Å². The molecule has 0 aromatic carbocycles. The van der Waals surface area contributed by atoms with Gasteiger partial charge in [-0.25, -0.2) is 9.78 Å². The number of amides is 1. The summed E-state index contributed by atoms with van der Waals surface area (Å²) in [5.41, 5.74) is -0.567. The van der Waals surface area contributed by atoms with Crippen LogP contribution in [0.3, 0.4) is 0 Å². The first-order valence-corrected chi connectivity index (χ1v) is 6.88. The van der Waals surface area contributed by atoms with Crippen molar-refractivity contribution in [2.45, 2.75) is 32.2 Å². The Labute approximate surface area is 125 Å². The van der Waals surface area contributed by atoms with Gasteiger partial charge in [0.1, 0.15) is 11.4 Å². The lowest BCUT2D eigenvalue weighted by Gasteiger charge is -2.27. The highest BCUT2D eigenvalue weighted by Crippen LogP contribution is 2.16. The van der Waals surface area contributed by atoms with Gasteiger partial charge in [0, 0.05) is 25.9 Å². The van der Waals surface area contributed by atoms with E-state index >= 15 is 0 Å². The lowest BCUT2D eigenvalue weighted by Crippen LogP contribution is -2.52. The van der Waals surface area contributed by atoms with E-state index < -0.39 is 11.5 Å². The molecular formula is C15H23N3O3. The van der Waals surface area contributed by atoms with Crippen molar-refractivity contribution in [1.29, 1.82) is 0 Å². The van der Waals surface area contributed by atoms with Gasteiger partial charge in [0.15, 0.2) is 0 Å². The summed E-state index contributed by atoms with van der Waals surface area (Å²) >= 11 is 0. The fourth-order valence-corrected chi connectivity index (χ4v) is 2.07. The molecule has 1 heterocycles. The van der Waals surface area contributed by atoms with E-state index in [1.165, 1.54) is 7.11 Å². The van der Waals surface area contributed by atoms with Gasteiger partial charge in [0.2, 0.25) is 0 Å². The second-order valence-electron chi connectivity index (χ2n) is 5.32. The maximum absolute atomic E-state index is 12.4. The van der Waals surface area contributed by atoms with E-state index in [0.717, 1.165) is 6.42 Å². The van der Waals surface area contributed by atoms with Gasteiger partial charge in [-0.3, -0.25) is 4.79 Å². The molecular weight excluding hydrogens is 270 g/mol. The Balaban J connectivity index is 2.97. The molecule has 0 saturated carbocycles. The molecule has 21 heavy (non-hydrogen) atoms. The molecule has 1 aromatic heterocycles. The number of aromatic nitrogens is 1. The first-order valence-electron chi connectivity index (χ1n) is 6.88. The molecule has 1 atom stereocenters. The molecule has 0 spiro atoms. The third-order valence-corrected chi connectivity index (χ3v) is 3.24. The Morgan fingerprint density at radius 3 is 2.62 bits per heavy atom. The maximum Gasteiger partial charge on any atom is 0.331 e. The fourth-order valence-electron chi connectivity index (χ4n) is 2.07. The summed E-state index contributed by atoms with van der Waals surface area (Å²) in [7, 11) is 5.01. The molecule has 6 nitrogen and oxygen atoms in total. The zero-order valence-corrected chi connectivity index (χ0v) is 13.3. The first kappa shape index (κ1) is 16.9. The molecule has 1 rings (SSSR count). The van der Waals surface area contributed by atoms with E-state index in [4.69, 9.17) is 4.74 Å². The quantitative estimate of drug-likeness (QED) is 0.807. The molecule has 1 unspecified atom stereocenters. The highest BCUT2D eigenvalue weighted by molar-refractivity contribution is 5.98. The number of anilines is 1. The first-order chi connectivity index (χ1) is 9.84. The third-order valence-electron chi connectivity index (χ3n) is 3.24. The van der Waals surface area contributed by atoms with Crippen LogP contribution in [0.25, 0.3) is 0 Å². The zero-order valence-electron chi connectivity index (χ0n) is 13.3. The van der Waals surface area contributed by atoms with Crippen LogP contribution in [0.1, 0.15) is 37.0 Å². The van der Waals surface area contributed by atoms with Crippen LogP contribution in [-0.4, -0.2) is 43.6 Å². The molecule has 0 aliphatic rings. The van der Waals surface area contributed by atoms with Crippen molar-refractivity contribution >= 4 is 17.7 Å².